The molecule has 0 bridgehead atoms. The van der Waals surface area contributed by atoms with Crippen LogP contribution in [0.25, 0.3) is 0 Å². The highest BCUT2D eigenvalue weighted by atomic mass is 32.2. The molecule has 1 fully saturated rings. The Morgan fingerprint density at radius 1 is 1.12 bits per heavy atom. The second kappa shape index (κ2) is 11.5. The topological polar surface area (TPSA) is 94.2 Å². The van der Waals surface area contributed by atoms with E-state index in [1.165, 1.54) is 17.5 Å². The van der Waals surface area contributed by atoms with Crippen molar-refractivity contribution < 1.29 is 27.4 Å². The van der Waals surface area contributed by atoms with Gasteiger partial charge in [-0.25, -0.2) is 8.42 Å². The minimum atomic E-state index is -3.62. The molecule has 8 nitrogen and oxygen atoms in total. The van der Waals surface area contributed by atoms with Crippen molar-refractivity contribution in [1.82, 2.24) is 9.62 Å². The lowest BCUT2D eigenvalue weighted by atomic mass is 10.1. The van der Waals surface area contributed by atoms with Gasteiger partial charge in [-0.2, -0.15) is 4.31 Å². The van der Waals surface area contributed by atoms with E-state index in [9.17, 15) is 13.2 Å². The number of rotatable bonds is 10. The number of nitrogens with one attached hydrogen (secondary N) is 1. The zero-order valence-electron chi connectivity index (χ0n) is 19.4. The fourth-order valence-corrected chi connectivity index (χ4v) is 5.07. The molecule has 3 rings (SSSR count). The molecule has 1 N–H and O–H groups in total. The fourth-order valence-electron chi connectivity index (χ4n) is 3.62. The van der Waals surface area contributed by atoms with Gasteiger partial charge in [0.15, 0.2) is 0 Å². The molecule has 2 aromatic carbocycles. The number of methoxy groups -OCH3 is 1. The normalized spacial score (nSPS) is 14.6. The maximum absolute atomic E-state index is 12.9. The Balaban J connectivity index is 1.54. The maximum Gasteiger partial charge on any atom is 0.243 e. The molecule has 1 aliphatic heterocycles. The smallest absolute Gasteiger partial charge is 0.243 e. The van der Waals surface area contributed by atoms with Gasteiger partial charge in [-0.3, -0.25) is 4.79 Å². The van der Waals surface area contributed by atoms with E-state index in [1.54, 1.807) is 12.1 Å². The van der Waals surface area contributed by atoms with Crippen LogP contribution in [0.5, 0.6) is 11.5 Å². The Morgan fingerprint density at radius 3 is 2.61 bits per heavy atom. The van der Waals surface area contributed by atoms with Crippen LogP contribution in [-0.2, 0) is 26.0 Å². The molecule has 0 unspecified atom stereocenters. The van der Waals surface area contributed by atoms with Crippen LogP contribution < -0.4 is 14.8 Å². The van der Waals surface area contributed by atoms with Gasteiger partial charge in [0.2, 0.25) is 15.9 Å². The van der Waals surface area contributed by atoms with Gasteiger partial charge in [-0.05, 0) is 61.2 Å². The first-order chi connectivity index (χ1) is 15.8. The van der Waals surface area contributed by atoms with E-state index in [1.807, 2.05) is 32.0 Å². The summed E-state index contributed by atoms with van der Waals surface area (Å²) in [6.07, 6.45) is 0.570. The van der Waals surface area contributed by atoms with Gasteiger partial charge < -0.3 is 19.5 Å². The third-order valence-corrected chi connectivity index (χ3v) is 7.61. The van der Waals surface area contributed by atoms with Gasteiger partial charge in [-0.1, -0.05) is 12.1 Å². The van der Waals surface area contributed by atoms with Crippen molar-refractivity contribution in [3.8, 4) is 11.5 Å². The minimum Gasteiger partial charge on any atom is -0.496 e. The predicted molar refractivity (Wildman–Crippen MR) is 125 cm³/mol. The second-order valence-corrected chi connectivity index (χ2v) is 9.82. The first-order valence-corrected chi connectivity index (χ1v) is 12.5. The van der Waals surface area contributed by atoms with Crippen LogP contribution in [-0.4, -0.2) is 65.2 Å². The van der Waals surface area contributed by atoms with Crippen LogP contribution >= 0.6 is 0 Å². The maximum atomic E-state index is 12.9. The SMILES string of the molecule is COc1ccc(S(=O)(=O)N2CCOCC2)cc1CCC(=O)NCCOc1cccc(C)c1C. The summed E-state index contributed by atoms with van der Waals surface area (Å²) >= 11 is 0. The van der Waals surface area contributed by atoms with E-state index in [0.717, 1.165) is 16.9 Å². The van der Waals surface area contributed by atoms with Gasteiger partial charge in [0.1, 0.15) is 18.1 Å². The van der Waals surface area contributed by atoms with Gasteiger partial charge in [0.25, 0.3) is 0 Å². The van der Waals surface area contributed by atoms with Crippen LogP contribution in [0.2, 0.25) is 0 Å². The summed E-state index contributed by atoms with van der Waals surface area (Å²) in [6.45, 7) is 6.21. The van der Waals surface area contributed by atoms with Crippen LogP contribution in [0.3, 0.4) is 0 Å². The molecule has 9 heteroatoms. The molecular weight excluding hydrogens is 444 g/mol. The molecular formula is C24H32N2O6S. The van der Waals surface area contributed by atoms with Crippen molar-refractivity contribution in [1.29, 1.82) is 0 Å². The summed E-state index contributed by atoms with van der Waals surface area (Å²) in [4.78, 5) is 12.5. The summed E-state index contributed by atoms with van der Waals surface area (Å²) in [5, 5.41) is 2.85. The first-order valence-electron chi connectivity index (χ1n) is 11.0. The molecule has 0 atom stereocenters. The Kier molecular flexibility index (Phi) is 8.71. The lowest BCUT2D eigenvalue weighted by Crippen LogP contribution is -2.40. The van der Waals surface area contributed by atoms with Crippen LogP contribution in [0.4, 0.5) is 0 Å². The zero-order chi connectivity index (χ0) is 23.8. The number of morpholine rings is 1. The molecule has 0 aromatic heterocycles. The predicted octanol–water partition coefficient (Wildman–Crippen LogP) is 2.46. The fraction of sp³-hybridized carbons (Fsp3) is 0.458. The number of amides is 1. The molecule has 0 saturated carbocycles. The second-order valence-electron chi connectivity index (χ2n) is 7.89. The number of benzene rings is 2. The molecule has 0 radical (unpaired) electrons. The van der Waals surface area contributed by atoms with Crippen LogP contribution in [0.1, 0.15) is 23.1 Å². The van der Waals surface area contributed by atoms with Crippen LogP contribution in [0, 0.1) is 13.8 Å². The number of hydrogen-bond donors (Lipinski definition) is 1. The molecule has 0 spiro atoms. The summed E-state index contributed by atoms with van der Waals surface area (Å²) in [5.41, 5.74) is 2.92. The number of carbonyl (C=O) groups is 1. The summed E-state index contributed by atoms with van der Waals surface area (Å²) in [5.74, 6) is 1.23. The zero-order valence-corrected chi connectivity index (χ0v) is 20.2. The highest BCUT2D eigenvalue weighted by Crippen LogP contribution is 2.26. The summed E-state index contributed by atoms with van der Waals surface area (Å²) < 4.78 is 43.7. The standard InChI is InChI=1S/C24H32N2O6S/c1-18-5-4-6-22(19(18)2)32-14-11-25-24(27)10-7-20-17-21(8-9-23(20)30-3)33(28,29)26-12-15-31-16-13-26/h4-6,8-9,17H,7,10-16H2,1-3H3,(H,25,27). The number of hydrogen-bond acceptors (Lipinski definition) is 6. The molecule has 1 saturated heterocycles. The summed E-state index contributed by atoms with van der Waals surface area (Å²) in [7, 11) is -2.09. The van der Waals surface area contributed by atoms with E-state index < -0.39 is 10.0 Å². The first kappa shape index (κ1) is 25.0. The Hall–Kier alpha value is -2.62. The highest BCUT2D eigenvalue weighted by molar-refractivity contribution is 7.89. The number of sulfonamides is 1. The molecule has 33 heavy (non-hydrogen) atoms. The molecule has 180 valence electrons. The number of aryl methyl sites for hydroxylation is 2. The van der Waals surface area contributed by atoms with Crippen molar-refractivity contribution >= 4 is 15.9 Å². The third kappa shape index (κ3) is 6.46. The third-order valence-electron chi connectivity index (χ3n) is 5.72. The Morgan fingerprint density at radius 2 is 1.88 bits per heavy atom. The number of carbonyl (C=O) groups excluding carboxylic acids is 1. The van der Waals surface area contributed by atoms with E-state index in [2.05, 4.69) is 5.32 Å². The number of ether oxygens (including phenoxy) is 3. The molecule has 1 amide bonds. The molecule has 0 aliphatic carbocycles. The average Bonchev–Trinajstić information content (AvgIpc) is 2.83. The van der Waals surface area contributed by atoms with Crippen molar-refractivity contribution in [2.24, 2.45) is 0 Å². The van der Waals surface area contributed by atoms with Crippen molar-refractivity contribution in [2.45, 2.75) is 31.6 Å². The lowest BCUT2D eigenvalue weighted by molar-refractivity contribution is -0.121. The van der Waals surface area contributed by atoms with Crippen molar-refractivity contribution in [3.05, 3.63) is 53.1 Å². The van der Waals surface area contributed by atoms with Gasteiger partial charge in [0.05, 0.1) is 31.8 Å². The minimum absolute atomic E-state index is 0.136. The van der Waals surface area contributed by atoms with E-state index in [0.29, 0.717) is 57.2 Å². The van der Waals surface area contributed by atoms with Gasteiger partial charge >= 0.3 is 0 Å². The molecule has 1 aliphatic rings. The molecule has 1 heterocycles. The Bertz CT molecular complexity index is 1060. The van der Waals surface area contributed by atoms with E-state index in [-0.39, 0.29) is 17.2 Å². The van der Waals surface area contributed by atoms with Crippen molar-refractivity contribution in [3.63, 3.8) is 0 Å². The Labute approximate surface area is 195 Å². The molecule has 2 aromatic rings. The van der Waals surface area contributed by atoms with Gasteiger partial charge in [-0.15, -0.1) is 0 Å². The monoisotopic (exact) mass is 476 g/mol. The van der Waals surface area contributed by atoms with E-state index in [4.69, 9.17) is 14.2 Å². The summed E-state index contributed by atoms with van der Waals surface area (Å²) in [6, 6.07) is 10.7. The average molecular weight is 477 g/mol. The largest absolute Gasteiger partial charge is 0.496 e. The van der Waals surface area contributed by atoms with Gasteiger partial charge in [0, 0.05) is 19.5 Å². The lowest BCUT2D eigenvalue weighted by Gasteiger charge is -2.26. The van der Waals surface area contributed by atoms with Crippen LogP contribution in [0.15, 0.2) is 41.3 Å². The number of nitrogens with zero attached hydrogens (tertiary/aromatic N) is 1. The highest BCUT2D eigenvalue weighted by Gasteiger charge is 2.27. The van der Waals surface area contributed by atoms with Crippen molar-refractivity contribution in [2.75, 3.05) is 46.6 Å². The van der Waals surface area contributed by atoms with E-state index >= 15 is 0 Å². The quantitative estimate of drug-likeness (QED) is 0.530.